The van der Waals surface area contributed by atoms with Crippen molar-refractivity contribution in [3.05, 3.63) is 24.2 Å². The van der Waals surface area contributed by atoms with E-state index in [0.717, 1.165) is 25.7 Å². The summed E-state index contributed by atoms with van der Waals surface area (Å²) in [6.45, 7) is 0. The second kappa shape index (κ2) is 5.71. The summed E-state index contributed by atoms with van der Waals surface area (Å²) in [4.78, 5) is 22.3. The van der Waals surface area contributed by atoms with Crippen LogP contribution in [0.4, 0.5) is 0 Å². The fraction of sp³-hybridized carbons (Fsp3) is 0.538. The zero-order valence-electron chi connectivity index (χ0n) is 10.1. The van der Waals surface area contributed by atoms with Crippen LogP contribution in [0.5, 0.6) is 0 Å². The van der Waals surface area contributed by atoms with Gasteiger partial charge in [-0.3, -0.25) is 9.59 Å². The Balaban J connectivity index is 1.77. The summed E-state index contributed by atoms with van der Waals surface area (Å²) >= 11 is 0. The molecule has 1 amide bonds. The number of carbonyl (C=O) groups is 2. The molecular formula is C13H17NO4. The molecule has 0 atom stereocenters. The van der Waals surface area contributed by atoms with Crippen LogP contribution in [0, 0.1) is 5.92 Å². The molecular weight excluding hydrogens is 234 g/mol. The van der Waals surface area contributed by atoms with Crippen molar-refractivity contribution in [2.45, 2.75) is 38.1 Å². The van der Waals surface area contributed by atoms with Crippen molar-refractivity contribution in [1.29, 1.82) is 0 Å². The van der Waals surface area contributed by atoms with E-state index in [9.17, 15) is 9.59 Å². The van der Waals surface area contributed by atoms with Gasteiger partial charge in [-0.25, -0.2) is 0 Å². The van der Waals surface area contributed by atoms with Crippen molar-refractivity contribution in [3.63, 3.8) is 0 Å². The Hall–Kier alpha value is -1.78. The van der Waals surface area contributed by atoms with E-state index in [1.54, 1.807) is 12.1 Å². The van der Waals surface area contributed by atoms with Gasteiger partial charge in [-0.2, -0.15) is 0 Å². The molecule has 1 heterocycles. The van der Waals surface area contributed by atoms with Gasteiger partial charge in [0.05, 0.1) is 6.26 Å². The minimum Gasteiger partial charge on any atom is -0.481 e. The van der Waals surface area contributed by atoms with Gasteiger partial charge >= 0.3 is 5.97 Å². The lowest BCUT2D eigenvalue weighted by atomic mass is 9.84. The standard InChI is InChI=1S/C13H17NO4/c15-12(16)8-9-3-5-10(6-4-9)14-13(17)11-2-1-7-18-11/h1-2,7,9-10H,3-6,8H2,(H,14,17)(H,15,16). The van der Waals surface area contributed by atoms with E-state index in [-0.39, 0.29) is 24.3 Å². The highest BCUT2D eigenvalue weighted by atomic mass is 16.4. The van der Waals surface area contributed by atoms with Crippen molar-refractivity contribution in [1.82, 2.24) is 5.32 Å². The summed E-state index contributed by atoms with van der Waals surface area (Å²) in [6, 6.07) is 3.44. The van der Waals surface area contributed by atoms with Crippen molar-refractivity contribution in [2.75, 3.05) is 0 Å². The van der Waals surface area contributed by atoms with Gasteiger partial charge in [0.1, 0.15) is 0 Å². The Morgan fingerprint density at radius 3 is 2.61 bits per heavy atom. The molecule has 1 aromatic rings. The zero-order valence-corrected chi connectivity index (χ0v) is 10.1. The minimum absolute atomic E-state index is 0.132. The number of aliphatic carboxylic acids is 1. The number of carbonyl (C=O) groups excluding carboxylic acids is 1. The second-order valence-corrected chi connectivity index (χ2v) is 4.77. The molecule has 98 valence electrons. The lowest BCUT2D eigenvalue weighted by molar-refractivity contribution is -0.138. The van der Waals surface area contributed by atoms with Crippen molar-refractivity contribution >= 4 is 11.9 Å². The number of amides is 1. The summed E-state index contributed by atoms with van der Waals surface area (Å²) in [5, 5.41) is 11.6. The Kier molecular flexibility index (Phi) is 4.02. The Labute approximate surface area is 105 Å². The maximum atomic E-state index is 11.7. The minimum atomic E-state index is -0.738. The molecule has 1 aliphatic carbocycles. The van der Waals surface area contributed by atoms with E-state index in [4.69, 9.17) is 9.52 Å². The first-order chi connectivity index (χ1) is 8.65. The van der Waals surface area contributed by atoms with Gasteiger partial charge in [-0.15, -0.1) is 0 Å². The third-order valence-corrected chi connectivity index (χ3v) is 3.39. The van der Waals surface area contributed by atoms with Gasteiger partial charge < -0.3 is 14.8 Å². The van der Waals surface area contributed by atoms with Crippen LogP contribution >= 0.6 is 0 Å². The molecule has 5 nitrogen and oxygen atoms in total. The smallest absolute Gasteiger partial charge is 0.303 e. The number of carboxylic acids is 1. The molecule has 5 heteroatoms. The second-order valence-electron chi connectivity index (χ2n) is 4.77. The molecule has 0 spiro atoms. The van der Waals surface area contributed by atoms with E-state index in [0.29, 0.717) is 5.76 Å². The summed E-state index contributed by atoms with van der Waals surface area (Å²) in [7, 11) is 0. The average molecular weight is 251 g/mol. The lowest BCUT2D eigenvalue weighted by Crippen LogP contribution is -2.37. The van der Waals surface area contributed by atoms with Crippen LogP contribution in [-0.4, -0.2) is 23.0 Å². The first kappa shape index (κ1) is 12.7. The molecule has 1 saturated carbocycles. The number of hydrogen-bond donors (Lipinski definition) is 2. The van der Waals surface area contributed by atoms with Gasteiger partial charge in [0.25, 0.3) is 5.91 Å². The first-order valence-corrected chi connectivity index (χ1v) is 6.21. The highest BCUT2D eigenvalue weighted by Gasteiger charge is 2.24. The van der Waals surface area contributed by atoms with Crippen LogP contribution in [0.2, 0.25) is 0 Å². The highest BCUT2D eigenvalue weighted by Crippen LogP contribution is 2.26. The van der Waals surface area contributed by atoms with E-state index in [1.807, 2.05) is 0 Å². The third-order valence-electron chi connectivity index (χ3n) is 3.39. The van der Waals surface area contributed by atoms with Crippen LogP contribution < -0.4 is 5.32 Å². The molecule has 0 aromatic carbocycles. The van der Waals surface area contributed by atoms with Crippen LogP contribution in [0.3, 0.4) is 0 Å². The summed E-state index contributed by atoms with van der Waals surface area (Å²) < 4.78 is 5.02. The maximum Gasteiger partial charge on any atom is 0.303 e. The number of furan rings is 1. The van der Waals surface area contributed by atoms with Crippen LogP contribution in [0.15, 0.2) is 22.8 Å². The number of carboxylic acid groups (broad SMARTS) is 1. The first-order valence-electron chi connectivity index (χ1n) is 6.21. The van der Waals surface area contributed by atoms with Gasteiger partial charge in [-0.05, 0) is 43.7 Å². The Morgan fingerprint density at radius 2 is 2.06 bits per heavy atom. The van der Waals surface area contributed by atoms with Crippen molar-refractivity contribution < 1.29 is 19.1 Å². The van der Waals surface area contributed by atoms with E-state index in [2.05, 4.69) is 5.32 Å². The summed E-state index contributed by atoms with van der Waals surface area (Å²) in [5.41, 5.74) is 0. The topological polar surface area (TPSA) is 79.5 Å². The lowest BCUT2D eigenvalue weighted by Gasteiger charge is -2.27. The zero-order chi connectivity index (χ0) is 13.0. The monoisotopic (exact) mass is 251 g/mol. The largest absolute Gasteiger partial charge is 0.481 e. The van der Waals surface area contributed by atoms with Crippen LogP contribution in [-0.2, 0) is 4.79 Å². The Bertz CT molecular complexity index is 405. The normalized spacial score (nSPS) is 23.6. The number of nitrogens with one attached hydrogen (secondary N) is 1. The van der Waals surface area contributed by atoms with Gasteiger partial charge in [-0.1, -0.05) is 0 Å². The van der Waals surface area contributed by atoms with E-state index < -0.39 is 5.97 Å². The highest BCUT2D eigenvalue weighted by molar-refractivity contribution is 5.91. The quantitative estimate of drug-likeness (QED) is 0.858. The maximum absolute atomic E-state index is 11.7. The fourth-order valence-electron chi connectivity index (χ4n) is 2.42. The molecule has 0 radical (unpaired) electrons. The van der Waals surface area contributed by atoms with Crippen molar-refractivity contribution in [2.24, 2.45) is 5.92 Å². The summed E-state index contributed by atoms with van der Waals surface area (Å²) in [6.07, 6.45) is 5.09. The molecule has 1 aliphatic rings. The van der Waals surface area contributed by atoms with Gasteiger partial charge in [0.15, 0.2) is 5.76 Å². The van der Waals surface area contributed by atoms with Crippen LogP contribution in [0.1, 0.15) is 42.7 Å². The predicted molar refractivity (Wildman–Crippen MR) is 64.2 cm³/mol. The van der Waals surface area contributed by atoms with E-state index in [1.165, 1.54) is 6.26 Å². The Morgan fingerprint density at radius 1 is 1.33 bits per heavy atom. The molecule has 2 N–H and O–H groups in total. The van der Waals surface area contributed by atoms with Gasteiger partial charge in [0, 0.05) is 12.5 Å². The fourth-order valence-corrected chi connectivity index (χ4v) is 2.42. The molecule has 1 fully saturated rings. The SMILES string of the molecule is O=C(O)CC1CCC(NC(=O)c2ccco2)CC1. The molecule has 1 aromatic heterocycles. The molecule has 2 rings (SSSR count). The number of hydrogen-bond acceptors (Lipinski definition) is 3. The van der Waals surface area contributed by atoms with E-state index >= 15 is 0 Å². The number of rotatable bonds is 4. The molecule has 0 aliphatic heterocycles. The predicted octanol–water partition coefficient (Wildman–Crippen LogP) is 2.04. The third kappa shape index (κ3) is 3.35. The molecule has 0 unspecified atom stereocenters. The average Bonchev–Trinajstić information content (AvgIpc) is 2.84. The molecule has 0 saturated heterocycles. The van der Waals surface area contributed by atoms with Gasteiger partial charge in [0.2, 0.25) is 0 Å². The van der Waals surface area contributed by atoms with Crippen molar-refractivity contribution in [3.8, 4) is 0 Å². The molecule has 0 bridgehead atoms. The molecule has 18 heavy (non-hydrogen) atoms. The van der Waals surface area contributed by atoms with Crippen LogP contribution in [0.25, 0.3) is 0 Å². The summed E-state index contributed by atoms with van der Waals surface area (Å²) in [5.74, 6) is -0.360.